The molecule has 0 aliphatic rings. The molecule has 1 N–H and O–H groups in total. The summed E-state index contributed by atoms with van der Waals surface area (Å²) in [5.74, 6) is 0. The molecular formula is C20H22N2O2. The van der Waals surface area contributed by atoms with Gasteiger partial charge in [0.25, 0.3) is 0 Å². The van der Waals surface area contributed by atoms with Crippen LogP contribution in [0, 0.1) is 0 Å². The molecule has 3 aromatic rings. The molecule has 2 aromatic carbocycles. The maximum atomic E-state index is 11.8. The Balaban J connectivity index is 1.76. The number of hydrogen-bond acceptors (Lipinski definition) is 2. The molecule has 1 amide bonds. The highest BCUT2D eigenvalue weighted by molar-refractivity contribution is 5.81. The van der Waals surface area contributed by atoms with Gasteiger partial charge in [0, 0.05) is 18.4 Å². The van der Waals surface area contributed by atoms with Crippen molar-refractivity contribution in [3.05, 3.63) is 66.4 Å². The van der Waals surface area contributed by atoms with Crippen LogP contribution >= 0.6 is 0 Å². The number of para-hydroxylation sites is 1. The first-order valence-electron chi connectivity index (χ1n) is 8.05. The zero-order chi connectivity index (χ0) is 17.2. The van der Waals surface area contributed by atoms with Gasteiger partial charge in [-0.3, -0.25) is 0 Å². The molecule has 0 atom stereocenters. The number of fused-ring (bicyclic) bond motifs is 1. The molecule has 0 bridgehead atoms. The van der Waals surface area contributed by atoms with Crippen molar-refractivity contribution >= 4 is 17.0 Å². The van der Waals surface area contributed by atoms with Crippen molar-refractivity contribution in [1.82, 2.24) is 9.88 Å². The van der Waals surface area contributed by atoms with Crippen LogP contribution in [0.1, 0.15) is 26.3 Å². The minimum Gasteiger partial charge on any atom is -0.444 e. The summed E-state index contributed by atoms with van der Waals surface area (Å²) in [5.41, 5.74) is 2.77. The first kappa shape index (κ1) is 16.1. The van der Waals surface area contributed by atoms with E-state index in [1.165, 1.54) is 5.39 Å². The predicted octanol–water partition coefficient (Wildman–Crippen LogP) is 4.66. The Labute approximate surface area is 142 Å². The fourth-order valence-electron chi connectivity index (χ4n) is 2.61. The summed E-state index contributed by atoms with van der Waals surface area (Å²) >= 11 is 0. The van der Waals surface area contributed by atoms with Gasteiger partial charge >= 0.3 is 6.09 Å². The molecule has 1 heterocycles. The van der Waals surface area contributed by atoms with Gasteiger partial charge in [-0.05, 0) is 56.0 Å². The highest BCUT2D eigenvalue weighted by Gasteiger charge is 2.15. The molecule has 0 aliphatic carbocycles. The van der Waals surface area contributed by atoms with Crippen molar-refractivity contribution in [2.75, 3.05) is 0 Å². The second-order valence-corrected chi connectivity index (χ2v) is 6.77. The second kappa shape index (κ2) is 6.40. The summed E-state index contributed by atoms with van der Waals surface area (Å²) in [4.78, 5) is 11.8. The largest absolute Gasteiger partial charge is 0.444 e. The second-order valence-electron chi connectivity index (χ2n) is 6.77. The average molecular weight is 322 g/mol. The molecule has 24 heavy (non-hydrogen) atoms. The number of hydrogen-bond donors (Lipinski definition) is 1. The van der Waals surface area contributed by atoms with E-state index in [-0.39, 0.29) is 0 Å². The standard InChI is InChI=1S/C20H22N2O2/c1-20(2,3)24-19(23)21-14-15-7-6-9-17(13-15)22-12-11-16-8-4-5-10-18(16)22/h4-13H,14H2,1-3H3,(H,21,23). The highest BCUT2D eigenvalue weighted by atomic mass is 16.6. The van der Waals surface area contributed by atoms with E-state index in [2.05, 4.69) is 46.4 Å². The molecule has 4 nitrogen and oxygen atoms in total. The SMILES string of the molecule is CC(C)(C)OC(=O)NCc1cccc(-n2ccc3ccccc32)c1. The van der Waals surface area contributed by atoms with E-state index in [1.807, 2.05) is 45.0 Å². The number of carbonyl (C=O) groups is 1. The van der Waals surface area contributed by atoms with Gasteiger partial charge in [0.15, 0.2) is 0 Å². The van der Waals surface area contributed by atoms with Crippen molar-refractivity contribution in [2.45, 2.75) is 32.9 Å². The third-order valence-corrected chi connectivity index (χ3v) is 3.62. The molecular weight excluding hydrogens is 300 g/mol. The number of benzene rings is 2. The van der Waals surface area contributed by atoms with E-state index in [9.17, 15) is 4.79 Å². The zero-order valence-electron chi connectivity index (χ0n) is 14.2. The van der Waals surface area contributed by atoms with E-state index < -0.39 is 11.7 Å². The van der Waals surface area contributed by atoms with E-state index in [0.29, 0.717) is 6.54 Å². The van der Waals surface area contributed by atoms with Crippen LogP contribution in [0.4, 0.5) is 4.79 Å². The fourth-order valence-corrected chi connectivity index (χ4v) is 2.61. The number of ether oxygens (including phenoxy) is 1. The van der Waals surface area contributed by atoms with Gasteiger partial charge in [-0.25, -0.2) is 4.79 Å². The maximum Gasteiger partial charge on any atom is 0.407 e. The van der Waals surface area contributed by atoms with Crippen molar-refractivity contribution in [3.8, 4) is 5.69 Å². The van der Waals surface area contributed by atoms with E-state index in [1.54, 1.807) is 0 Å². The summed E-state index contributed by atoms with van der Waals surface area (Å²) in [5, 5.41) is 4.00. The summed E-state index contributed by atoms with van der Waals surface area (Å²) in [6, 6.07) is 18.5. The molecule has 0 radical (unpaired) electrons. The molecule has 0 saturated heterocycles. The van der Waals surface area contributed by atoms with Crippen molar-refractivity contribution < 1.29 is 9.53 Å². The summed E-state index contributed by atoms with van der Waals surface area (Å²) < 4.78 is 7.41. The van der Waals surface area contributed by atoms with Gasteiger partial charge < -0.3 is 14.6 Å². The van der Waals surface area contributed by atoms with Gasteiger partial charge in [0.05, 0.1) is 5.52 Å². The Morgan fingerprint density at radius 3 is 2.67 bits per heavy atom. The summed E-state index contributed by atoms with van der Waals surface area (Å²) in [7, 11) is 0. The van der Waals surface area contributed by atoms with Crippen molar-refractivity contribution in [3.63, 3.8) is 0 Å². The Kier molecular flexibility index (Phi) is 4.30. The topological polar surface area (TPSA) is 43.3 Å². The number of rotatable bonds is 3. The highest BCUT2D eigenvalue weighted by Crippen LogP contribution is 2.21. The minimum atomic E-state index is -0.490. The summed E-state index contributed by atoms with van der Waals surface area (Å²) in [6.07, 6.45) is 1.66. The maximum absolute atomic E-state index is 11.8. The van der Waals surface area contributed by atoms with Gasteiger partial charge in [0.2, 0.25) is 0 Å². The van der Waals surface area contributed by atoms with Crippen LogP contribution in [0.3, 0.4) is 0 Å². The van der Waals surface area contributed by atoms with Crippen LogP contribution < -0.4 is 5.32 Å². The van der Waals surface area contributed by atoms with E-state index in [0.717, 1.165) is 16.8 Å². The number of carbonyl (C=O) groups excluding carboxylic acids is 1. The van der Waals surface area contributed by atoms with Crippen LogP contribution in [0.25, 0.3) is 16.6 Å². The number of alkyl carbamates (subject to hydrolysis) is 1. The Morgan fingerprint density at radius 1 is 1.08 bits per heavy atom. The lowest BCUT2D eigenvalue weighted by molar-refractivity contribution is 0.0523. The van der Waals surface area contributed by atoms with Gasteiger partial charge in [-0.15, -0.1) is 0 Å². The molecule has 1 aromatic heterocycles. The lowest BCUT2D eigenvalue weighted by Gasteiger charge is -2.19. The van der Waals surface area contributed by atoms with Crippen LogP contribution in [0.15, 0.2) is 60.8 Å². The Bertz CT molecular complexity index is 859. The minimum absolute atomic E-state index is 0.403. The van der Waals surface area contributed by atoms with E-state index in [4.69, 9.17) is 4.74 Å². The number of nitrogens with one attached hydrogen (secondary N) is 1. The lowest BCUT2D eigenvalue weighted by atomic mass is 10.2. The molecule has 3 rings (SSSR count). The molecule has 124 valence electrons. The number of amides is 1. The van der Waals surface area contributed by atoms with Gasteiger partial charge in [-0.2, -0.15) is 0 Å². The molecule has 0 saturated carbocycles. The summed E-state index contributed by atoms with van der Waals surface area (Å²) in [6.45, 7) is 5.99. The van der Waals surface area contributed by atoms with Crippen LogP contribution in [-0.4, -0.2) is 16.3 Å². The first-order chi connectivity index (χ1) is 11.4. The number of nitrogens with zero attached hydrogens (tertiary/aromatic N) is 1. The average Bonchev–Trinajstić information content (AvgIpc) is 2.96. The molecule has 0 fully saturated rings. The Hall–Kier alpha value is -2.75. The molecule has 0 unspecified atom stereocenters. The predicted molar refractivity (Wildman–Crippen MR) is 96.3 cm³/mol. The Morgan fingerprint density at radius 2 is 1.88 bits per heavy atom. The fraction of sp³-hybridized carbons (Fsp3) is 0.250. The molecule has 4 heteroatoms. The van der Waals surface area contributed by atoms with Crippen molar-refractivity contribution in [1.29, 1.82) is 0 Å². The zero-order valence-corrected chi connectivity index (χ0v) is 14.2. The molecule has 0 spiro atoms. The van der Waals surface area contributed by atoms with Crippen LogP contribution in [0.5, 0.6) is 0 Å². The molecule has 0 aliphatic heterocycles. The third kappa shape index (κ3) is 3.77. The number of aromatic nitrogens is 1. The normalized spacial score (nSPS) is 11.5. The van der Waals surface area contributed by atoms with Crippen LogP contribution in [-0.2, 0) is 11.3 Å². The smallest absolute Gasteiger partial charge is 0.407 e. The first-order valence-corrected chi connectivity index (χ1v) is 8.05. The lowest BCUT2D eigenvalue weighted by Crippen LogP contribution is -2.32. The van der Waals surface area contributed by atoms with Gasteiger partial charge in [-0.1, -0.05) is 30.3 Å². The monoisotopic (exact) mass is 322 g/mol. The van der Waals surface area contributed by atoms with Crippen molar-refractivity contribution in [2.24, 2.45) is 0 Å². The van der Waals surface area contributed by atoms with Crippen LogP contribution in [0.2, 0.25) is 0 Å². The quantitative estimate of drug-likeness (QED) is 0.762. The van der Waals surface area contributed by atoms with E-state index >= 15 is 0 Å². The van der Waals surface area contributed by atoms with Gasteiger partial charge in [0.1, 0.15) is 5.60 Å². The third-order valence-electron chi connectivity index (χ3n) is 3.62.